The van der Waals surface area contributed by atoms with Gasteiger partial charge in [-0.1, -0.05) is 24.3 Å². The lowest BCUT2D eigenvalue weighted by Crippen LogP contribution is -2.20. The highest BCUT2D eigenvalue weighted by atomic mass is 16.3. The van der Waals surface area contributed by atoms with E-state index in [-0.39, 0.29) is 11.7 Å². The van der Waals surface area contributed by atoms with Crippen molar-refractivity contribution < 1.29 is 14.3 Å². The maximum atomic E-state index is 12.2. The number of phenols is 1. The van der Waals surface area contributed by atoms with Gasteiger partial charge in [0.15, 0.2) is 5.76 Å². The number of nitrogens with zero attached hydrogens (tertiary/aromatic N) is 1. The zero-order valence-electron chi connectivity index (χ0n) is 14.0. The van der Waals surface area contributed by atoms with Crippen LogP contribution < -0.4 is 0 Å². The number of carbonyl (C=O) groups is 1. The minimum absolute atomic E-state index is 0.181. The Morgan fingerprint density at radius 1 is 1.12 bits per heavy atom. The van der Waals surface area contributed by atoms with E-state index < -0.39 is 0 Å². The van der Waals surface area contributed by atoms with Crippen molar-refractivity contribution in [1.29, 1.82) is 0 Å². The molecule has 0 radical (unpaired) electrons. The number of aromatic hydroxyl groups is 1. The van der Waals surface area contributed by atoms with Crippen LogP contribution in [-0.2, 0) is 0 Å². The van der Waals surface area contributed by atoms with Gasteiger partial charge < -0.3 is 14.4 Å². The second kappa shape index (κ2) is 5.89. The number of benzene rings is 2. The second-order valence-electron chi connectivity index (χ2n) is 6.08. The third-order valence-electron chi connectivity index (χ3n) is 3.90. The molecular formula is C20H19NO3. The van der Waals surface area contributed by atoms with Gasteiger partial charge in [0.2, 0.25) is 0 Å². The molecule has 0 unspecified atom stereocenters. The van der Waals surface area contributed by atoms with Crippen molar-refractivity contribution >= 4 is 22.4 Å². The van der Waals surface area contributed by atoms with Gasteiger partial charge in [-0.25, -0.2) is 0 Å². The third kappa shape index (κ3) is 2.78. The van der Waals surface area contributed by atoms with E-state index in [2.05, 4.69) is 6.58 Å². The van der Waals surface area contributed by atoms with E-state index in [1.165, 1.54) is 4.90 Å². The summed E-state index contributed by atoms with van der Waals surface area (Å²) in [6.45, 7) is 5.94. The molecule has 1 aromatic heterocycles. The van der Waals surface area contributed by atoms with E-state index in [4.69, 9.17) is 4.42 Å². The molecule has 0 aliphatic heterocycles. The zero-order valence-corrected chi connectivity index (χ0v) is 14.0. The Labute approximate surface area is 140 Å². The van der Waals surface area contributed by atoms with Gasteiger partial charge in [-0.2, -0.15) is 0 Å². The normalized spacial score (nSPS) is 10.8. The van der Waals surface area contributed by atoms with Crippen molar-refractivity contribution in [2.24, 2.45) is 0 Å². The molecule has 0 saturated carbocycles. The van der Waals surface area contributed by atoms with Crippen molar-refractivity contribution in [3.05, 3.63) is 60.4 Å². The number of rotatable bonds is 3. The van der Waals surface area contributed by atoms with E-state index in [0.29, 0.717) is 11.3 Å². The van der Waals surface area contributed by atoms with Gasteiger partial charge in [-0.3, -0.25) is 4.79 Å². The van der Waals surface area contributed by atoms with E-state index in [9.17, 15) is 9.90 Å². The molecule has 0 bridgehead atoms. The van der Waals surface area contributed by atoms with Crippen molar-refractivity contribution in [3.8, 4) is 16.9 Å². The quantitative estimate of drug-likeness (QED) is 0.770. The number of furan rings is 1. The molecular weight excluding hydrogens is 302 g/mol. The van der Waals surface area contributed by atoms with Crippen molar-refractivity contribution in [3.63, 3.8) is 0 Å². The van der Waals surface area contributed by atoms with Gasteiger partial charge >= 0.3 is 0 Å². The average Bonchev–Trinajstić information content (AvgIpc) is 2.97. The number of fused-ring (bicyclic) bond motifs is 1. The topological polar surface area (TPSA) is 53.7 Å². The Morgan fingerprint density at radius 2 is 1.79 bits per heavy atom. The molecule has 24 heavy (non-hydrogen) atoms. The summed E-state index contributed by atoms with van der Waals surface area (Å²) in [4.78, 5) is 13.7. The lowest BCUT2D eigenvalue weighted by molar-refractivity contribution is 0.0799. The standard InChI is InChI=1S/C20H19NO3/c1-12(2)14-9-15-11-18(20(23)21(3)4)24-19(15)17(10-14)13-5-7-16(22)8-6-13/h5-11,22H,1H2,2-4H3. The van der Waals surface area contributed by atoms with Gasteiger partial charge in [0.1, 0.15) is 11.3 Å². The summed E-state index contributed by atoms with van der Waals surface area (Å²) in [5.41, 5.74) is 4.33. The number of allylic oxidation sites excluding steroid dienone is 1. The number of hydrogen-bond acceptors (Lipinski definition) is 3. The molecule has 4 heteroatoms. The Morgan fingerprint density at radius 3 is 2.38 bits per heavy atom. The lowest BCUT2D eigenvalue weighted by Gasteiger charge is -2.08. The number of carbonyl (C=O) groups excluding carboxylic acids is 1. The molecule has 122 valence electrons. The summed E-state index contributed by atoms with van der Waals surface area (Å²) in [5, 5.41) is 10.4. The van der Waals surface area contributed by atoms with Crippen LogP contribution in [0.5, 0.6) is 5.75 Å². The fraction of sp³-hybridized carbons (Fsp3) is 0.150. The Kier molecular flexibility index (Phi) is 3.89. The second-order valence-corrected chi connectivity index (χ2v) is 6.08. The maximum absolute atomic E-state index is 12.2. The van der Waals surface area contributed by atoms with Gasteiger partial charge in [-0.05, 0) is 48.4 Å². The zero-order chi connectivity index (χ0) is 17.4. The SMILES string of the molecule is C=C(C)c1cc(-c2ccc(O)cc2)c2oc(C(=O)N(C)C)cc2c1. The molecule has 1 heterocycles. The molecule has 2 aromatic carbocycles. The first kappa shape index (κ1) is 15.9. The van der Waals surface area contributed by atoms with Crippen molar-refractivity contribution in [2.45, 2.75) is 6.92 Å². The maximum Gasteiger partial charge on any atom is 0.289 e. The van der Waals surface area contributed by atoms with E-state index in [1.807, 2.05) is 31.2 Å². The first-order chi connectivity index (χ1) is 11.4. The molecule has 4 nitrogen and oxygen atoms in total. The number of amides is 1. The Hall–Kier alpha value is -3.01. The van der Waals surface area contributed by atoms with Crippen LogP contribution in [0.4, 0.5) is 0 Å². The molecule has 0 spiro atoms. The predicted octanol–water partition coefficient (Wildman–Crippen LogP) is 4.54. The van der Waals surface area contributed by atoms with Crippen molar-refractivity contribution in [1.82, 2.24) is 4.90 Å². The smallest absolute Gasteiger partial charge is 0.289 e. The van der Waals surface area contributed by atoms with E-state index >= 15 is 0 Å². The van der Waals surface area contributed by atoms with Crippen LogP contribution in [0, 0.1) is 0 Å². The number of hydrogen-bond donors (Lipinski definition) is 1. The first-order valence-electron chi connectivity index (χ1n) is 7.61. The van der Waals surface area contributed by atoms with Crippen LogP contribution in [0.3, 0.4) is 0 Å². The molecule has 1 amide bonds. The fourth-order valence-electron chi connectivity index (χ4n) is 2.58. The fourth-order valence-corrected chi connectivity index (χ4v) is 2.58. The summed E-state index contributed by atoms with van der Waals surface area (Å²) in [6.07, 6.45) is 0. The minimum Gasteiger partial charge on any atom is -0.508 e. The van der Waals surface area contributed by atoms with Crippen LogP contribution in [0.25, 0.3) is 27.7 Å². The van der Waals surface area contributed by atoms with Crippen LogP contribution >= 0.6 is 0 Å². The summed E-state index contributed by atoms with van der Waals surface area (Å²) in [5.74, 6) is 0.322. The monoisotopic (exact) mass is 321 g/mol. The molecule has 3 rings (SSSR count). The van der Waals surface area contributed by atoms with Gasteiger partial charge in [-0.15, -0.1) is 0 Å². The summed E-state index contributed by atoms with van der Waals surface area (Å²) in [7, 11) is 3.38. The van der Waals surface area contributed by atoms with E-state index in [1.54, 1.807) is 32.3 Å². The number of phenolic OH excluding ortho intramolecular Hbond substituents is 1. The molecule has 0 atom stereocenters. The molecule has 1 N–H and O–H groups in total. The van der Waals surface area contributed by atoms with Gasteiger partial charge in [0.05, 0.1) is 0 Å². The van der Waals surface area contributed by atoms with Gasteiger partial charge in [0, 0.05) is 25.0 Å². The van der Waals surface area contributed by atoms with Crippen LogP contribution in [0.15, 0.2) is 53.5 Å². The first-order valence-corrected chi connectivity index (χ1v) is 7.61. The molecule has 0 saturated heterocycles. The summed E-state index contributed by atoms with van der Waals surface area (Å²) in [6, 6.07) is 12.6. The Balaban J connectivity index is 2.27. The highest BCUT2D eigenvalue weighted by Crippen LogP contribution is 2.35. The highest BCUT2D eigenvalue weighted by Gasteiger charge is 2.18. The third-order valence-corrected chi connectivity index (χ3v) is 3.90. The molecule has 3 aromatic rings. The minimum atomic E-state index is -0.181. The predicted molar refractivity (Wildman–Crippen MR) is 96.0 cm³/mol. The molecule has 0 aliphatic carbocycles. The molecule has 0 fully saturated rings. The average molecular weight is 321 g/mol. The van der Waals surface area contributed by atoms with Crippen LogP contribution in [-0.4, -0.2) is 30.0 Å². The lowest BCUT2D eigenvalue weighted by atomic mass is 9.98. The summed E-state index contributed by atoms with van der Waals surface area (Å²) >= 11 is 0. The largest absolute Gasteiger partial charge is 0.508 e. The van der Waals surface area contributed by atoms with Crippen molar-refractivity contribution in [2.75, 3.05) is 14.1 Å². The van der Waals surface area contributed by atoms with Gasteiger partial charge in [0.25, 0.3) is 5.91 Å². The highest BCUT2D eigenvalue weighted by molar-refractivity contribution is 6.01. The van der Waals surface area contributed by atoms with Crippen LogP contribution in [0.1, 0.15) is 23.0 Å². The molecule has 0 aliphatic rings. The summed E-state index contributed by atoms with van der Waals surface area (Å²) < 4.78 is 5.86. The van der Waals surface area contributed by atoms with E-state index in [0.717, 1.165) is 27.6 Å². The Bertz CT molecular complexity index is 933. The van der Waals surface area contributed by atoms with Crippen LogP contribution in [0.2, 0.25) is 0 Å².